The lowest BCUT2D eigenvalue weighted by Crippen LogP contribution is -2.31. The summed E-state index contributed by atoms with van der Waals surface area (Å²) in [4.78, 5) is 2.26. The fourth-order valence-electron chi connectivity index (χ4n) is 6.12. The van der Waals surface area contributed by atoms with Crippen LogP contribution in [0.15, 0.2) is 48.6 Å². The molecule has 45 heavy (non-hydrogen) atoms. The Morgan fingerprint density at radius 2 is 0.956 bits per heavy atom. The number of hydrogen-bond acceptors (Lipinski definition) is 3. The van der Waals surface area contributed by atoms with Gasteiger partial charge in [0.1, 0.15) is 0 Å². The summed E-state index contributed by atoms with van der Waals surface area (Å²) in [6.45, 7) is 6.37. The van der Waals surface area contributed by atoms with Crippen LogP contribution in [0, 0.1) is 0 Å². The summed E-state index contributed by atoms with van der Waals surface area (Å²) in [6.07, 6.45) is 51.8. The molecule has 262 valence electrons. The van der Waals surface area contributed by atoms with E-state index < -0.39 is 0 Å². The van der Waals surface area contributed by atoms with Gasteiger partial charge in [-0.15, -0.1) is 0 Å². The van der Waals surface area contributed by atoms with Crippen LogP contribution in [-0.2, 0) is 9.47 Å². The van der Waals surface area contributed by atoms with Crippen molar-refractivity contribution in [2.24, 2.45) is 0 Å². The molecule has 1 fully saturated rings. The van der Waals surface area contributed by atoms with Gasteiger partial charge in [-0.05, 0) is 91.1 Å². The van der Waals surface area contributed by atoms with Crippen molar-refractivity contribution in [3.8, 4) is 0 Å². The molecule has 1 saturated heterocycles. The van der Waals surface area contributed by atoms with Gasteiger partial charge >= 0.3 is 0 Å². The predicted molar refractivity (Wildman–Crippen MR) is 200 cm³/mol. The van der Waals surface area contributed by atoms with E-state index in [4.69, 9.17) is 9.47 Å². The van der Waals surface area contributed by atoms with Gasteiger partial charge in [0.2, 0.25) is 0 Å². The molecule has 0 saturated carbocycles. The molecule has 2 unspecified atom stereocenters. The van der Waals surface area contributed by atoms with Gasteiger partial charge in [-0.2, -0.15) is 0 Å². The first-order chi connectivity index (χ1) is 22.1. The highest BCUT2D eigenvalue weighted by Crippen LogP contribution is 2.35. The van der Waals surface area contributed by atoms with Crippen molar-refractivity contribution >= 4 is 0 Å². The number of rotatable bonds is 32. The van der Waals surface area contributed by atoms with Crippen LogP contribution in [0.2, 0.25) is 0 Å². The highest BCUT2D eigenvalue weighted by atomic mass is 16.7. The van der Waals surface area contributed by atoms with Crippen LogP contribution < -0.4 is 0 Å². The average Bonchev–Trinajstić information content (AvgIpc) is 3.44. The first-order valence-corrected chi connectivity index (χ1v) is 19.7. The molecule has 1 heterocycles. The molecule has 0 N–H and O–H groups in total. The molecule has 1 rings (SSSR count). The van der Waals surface area contributed by atoms with Gasteiger partial charge in [-0.25, -0.2) is 0 Å². The Labute approximate surface area is 282 Å². The van der Waals surface area contributed by atoms with E-state index >= 15 is 0 Å². The molecular weight excluding hydrogens is 550 g/mol. The third-order valence-corrected chi connectivity index (χ3v) is 9.08. The minimum atomic E-state index is -0.317. The maximum atomic E-state index is 6.67. The molecule has 1 aliphatic rings. The maximum Gasteiger partial charge on any atom is 0.168 e. The van der Waals surface area contributed by atoms with Crippen LogP contribution in [0.3, 0.4) is 0 Å². The Balaban J connectivity index is 2.17. The van der Waals surface area contributed by atoms with Gasteiger partial charge in [0.05, 0.1) is 12.7 Å². The monoisotopic (exact) mass is 628 g/mol. The Bertz CT molecular complexity index is 739. The fraction of sp³-hybridized carbons (Fsp3) is 0.810. The largest absolute Gasteiger partial charge is 0.347 e. The molecule has 3 heteroatoms. The van der Waals surface area contributed by atoms with Crippen molar-refractivity contribution in [1.29, 1.82) is 0 Å². The first-order valence-electron chi connectivity index (χ1n) is 19.7. The standard InChI is InChI=1S/C42H77NO2/c1-5-7-9-11-13-15-17-19-21-23-25-27-29-31-33-35-38-42(44-40-41(45-42)36-39-43(3)4)37-34-32-30-28-26-24-22-20-18-16-14-12-10-8-6-2/h12-15,18-21,41H,5-11,16-17,22-40H2,1-4H3/b14-12-,15-13-,20-18-,21-19-. The highest BCUT2D eigenvalue weighted by molar-refractivity contribution is 4.93. The van der Waals surface area contributed by atoms with E-state index in [1.807, 2.05) is 0 Å². The van der Waals surface area contributed by atoms with E-state index in [-0.39, 0.29) is 11.9 Å². The quantitative estimate of drug-likeness (QED) is 0.0547. The molecule has 0 aromatic heterocycles. The number of nitrogens with zero attached hydrogens (tertiary/aromatic N) is 1. The van der Waals surface area contributed by atoms with Crippen molar-refractivity contribution < 1.29 is 9.47 Å². The van der Waals surface area contributed by atoms with Gasteiger partial charge in [-0.3, -0.25) is 0 Å². The Morgan fingerprint density at radius 3 is 1.42 bits per heavy atom. The van der Waals surface area contributed by atoms with Gasteiger partial charge in [-0.1, -0.05) is 140 Å². The van der Waals surface area contributed by atoms with Crippen LogP contribution in [0.5, 0.6) is 0 Å². The molecule has 0 aromatic carbocycles. The minimum absolute atomic E-state index is 0.261. The maximum absolute atomic E-state index is 6.67. The lowest BCUT2D eigenvalue weighted by Gasteiger charge is -2.29. The summed E-state index contributed by atoms with van der Waals surface area (Å²) < 4.78 is 13.1. The van der Waals surface area contributed by atoms with Crippen molar-refractivity contribution in [1.82, 2.24) is 4.90 Å². The summed E-state index contributed by atoms with van der Waals surface area (Å²) in [5, 5.41) is 0. The highest BCUT2D eigenvalue weighted by Gasteiger charge is 2.40. The van der Waals surface area contributed by atoms with E-state index in [9.17, 15) is 0 Å². The van der Waals surface area contributed by atoms with Crippen molar-refractivity contribution in [3.05, 3.63) is 48.6 Å². The van der Waals surface area contributed by atoms with Gasteiger partial charge in [0, 0.05) is 19.4 Å². The van der Waals surface area contributed by atoms with E-state index in [0.29, 0.717) is 0 Å². The van der Waals surface area contributed by atoms with Gasteiger partial charge < -0.3 is 14.4 Å². The first kappa shape index (κ1) is 41.9. The second-order valence-electron chi connectivity index (χ2n) is 13.9. The molecule has 0 amide bonds. The fourth-order valence-corrected chi connectivity index (χ4v) is 6.12. The average molecular weight is 628 g/mol. The summed E-state index contributed by atoms with van der Waals surface area (Å²) in [5.41, 5.74) is 0. The van der Waals surface area contributed by atoms with Crippen LogP contribution in [0.1, 0.15) is 181 Å². The zero-order valence-electron chi connectivity index (χ0n) is 30.8. The Hall–Kier alpha value is -1.16. The number of hydrogen-bond donors (Lipinski definition) is 0. The van der Waals surface area contributed by atoms with Crippen LogP contribution in [0.25, 0.3) is 0 Å². The van der Waals surface area contributed by atoms with E-state index in [0.717, 1.165) is 45.3 Å². The van der Waals surface area contributed by atoms with Crippen molar-refractivity contribution in [2.75, 3.05) is 27.2 Å². The van der Waals surface area contributed by atoms with Gasteiger partial charge in [0.25, 0.3) is 0 Å². The van der Waals surface area contributed by atoms with Crippen molar-refractivity contribution in [3.63, 3.8) is 0 Å². The summed E-state index contributed by atoms with van der Waals surface area (Å²) >= 11 is 0. The molecule has 2 atom stereocenters. The number of allylic oxidation sites excluding steroid dienone is 8. The Morgan fingerprint density at radius 1 is 0.533 bits per heavy atom. The van der Waals surface area contributed by atoms with E-state index in [1.165, 1.54) is 135 Å². The second kappa shape index (κ2) is 31.4. The smallest absolute Gasteiger partial charge is 0.168 e. The summed E-state index contributed by atoms with van der Waals surface area (Å²) in [7, 11) is 4.30. The second-order valence-corrected chi connectivity index (χ2v) is 13.9. The molecule has 0 spiro atoms. The molecule has 0 bridgehead atoms. The molecule has 1 aliphatic heterocycles. The topological polar surface area (TPSA) is 21.7 Å². The normalized spacial score (nSPS) is 19.2. The van der Waals surface area contributed by atoms with Crippen LogP contribution in [-0.4, -0.2) is 44.0 Å². The summed E-state index contributed by atoms with van der Waals surface area (Å²) in [5.74, 6) is -0.317. The third-order valence-electron chi connectivity index (χ3n) is 9.08. The van der Waals surface area contributed by atoms with Gasteiger partial charge in [0.15, 0.2) is 5.79 Å². The van der Waals surface area contributed by atoms with Crippen LogP contribution in [0.4, 0.5) is 0 Å². The SMILES string of the molecule is CCCC/C=C\C/C=C\CCCCCCCCC1(CCCCCCCC/C=C\C/C=C\CCCCC)OCC(CCN(C)C)O1. The van der Waals surface area contributed by atoms with E-state index in [1.54, 1.807) is 0 Å². The summed E-state index contributed by atoms with van der Waals surface area (Å²) in [6, 6.07) is 0. The minimum Gasteiger partial charge on any atom is -0.347 e. The lowest BCUT2D eigenvalue weighted by molar-refractivity contribution is -0.180. The zero-order chi connectivity index (χ0) is 32.5. The molecule has 3 nitrogen and oxygen atoms in total. The number of ether oxygens (including phenoxy) is 2. The number of unbranched alkanes of at least 4 members (excludes halogenated alkanes) is 17. The zero-order valence-corrected chi connectivity index (χ0v) is 30.8. The van der Waals surface area contributed by atoms with Crippen LogP contribution >= 0.6 is 0 Å². The predicted octanol–water partition coefficient (Wildman–Crippen LogP) is 13.1. The Kier molecular flexibility index (Phi) is 29.2. The molecule has 0 aliphatic carbocycles. The van der Waals surface area contributed by atoms with Crippen molar-refractivity contribution in [2.45, 2.75) is 193 Å². The van der Waals surface area contributed by atoms with E-state index in [2.05, 4.69) is 81.5 Å². The molecular formula is C42H77NO2. The molecule has 0 radical (unpaired) electrons. The molecule has 0 aromatic rings. The lowest BCUT2D eigenvalue weighted by atomic mass is 9.98. The third kappa shape index (κ3) is 26.6.